The molecule has 0 atom stereocenters. The fraction of sp³-hybridized carbons (Fsp3) is 0.400. The van der Waals surface area contributed by atoms with Crippen LogP contribution in [-0.2, 0) is 11.8 Å². The van der Waals surface area contributed by atoms with Gasteiger partial charge in [0.2, 0.25) is 0 Å². The molecule has 2 aromatic heterocycles. The first-order valence-electron chi connectivity index (χ1n) is 10.9. The van der Waals surface area contributed by atoms with Crippen molar-refractivity contribution in [3.8, 4) is 11.1 Å². The maximum absolute atomic E-state index is 6.20. The van der Waals surface area contributed by atoms with E-state index < -0.39 is 0 Å². The lowest BCUT2D eigenvalue weighted by molar-refractivity contribution is 0.199. The summed E-state index contributed by atoms with van der Waals surface area (Å²) in [7, 11) is 3.83. The normalized spacial score (nSPS) is 15.3. The highest BCUT2D eigenvalue weighted by molar-refractivity contribution is 5.88. The summed E-state index contributed by atoms with van der Waals surface area (Å²) in [6.45, 7) is 1.49. The van der Waals surface area contributed by atoms with Crippen LogP contribution in [-0.4, -0.2) is 35.9 Å². The highest BCUT2D eigenvalue weighted by Crippen LogP contribution is 2.32. The topological polar surface area (TPSA) is 43.4 Å². The number of hydrogen-bond donors (Lipinski definition) is 0. The predicted molar refractivity (Wildman–Crippen MR) is 122 cm³/mol. The van der Waals surface area contributed by atoms with Gasteiger partial charge in [-0.25, -0.2) is 0 Å². The van der Waals surface area contributed by atoms with Gasteiger partial charge in [-0.15, -0.1) is 0 Å². The summed E-state index contributed by atoms with van der Waals surface area (Å²) < 4.78 is 13.7. The highest BCUT2D eigenvalue weighted by Gasteiger charge is 2.25. The molecule has 0 bridgehead atoms. The molecule has 4 aromatic rings. The van der Waals surface area contributed by atoms with Gasteiger partial charge in [0.05, 0.1) is 6.61 Å². The van der Waals surface area contributed by atoms with Gasteiger partial charge < -0.3 is 18.6 Å². The second-order valence-corrected chi connectivity index (χ2v) is 8.36. The number of ether oxygens (including phenoxy) is 1. The molecule has 0 amide bonds. The van der Waals surface area contributed by atoms with Gasteiger partial charge in [-0.2, -0.15) is 4.98 Å². The van der Waals surface area contributed by atoms with Crippen molar-refractivity contribution in [3.63, 3.8) is 0 Å². The van der Waals surface area contributed by atoms with Crippen LogP contribution in [0, 0.1) is 0 Å². The minimum Gasteiger partial charge on any atom is -0.423 e. The molecule has 2 heterocycles. The van der Waals surface area contributed by atoms with Crippen molar-refractivity contribution in [3.05, 3.63) is 48.7 Å². The zero-order valence-electron chi connectivity index (χ0n) is 17.8. The Bertz CT molecular complexity index is 1150. The average Bonchev–Trinajstić information content (AvgIpc) is 3.37. The Hall–Kier alpha value is -2.79. The number of hydrogen-bond acceptors (Lipinski definition) is 4. The molecule has 0 saturated heterocycles. The van der Waals surface area contributed by atoms with Crippen molar-refractivity contribution in [2.24, 2.45) is 7.05 Å². The van der Waals surface area contributed by atoms with Crippen molar-refractivity contribution in [2.75, 3.05) is 25.2 Å². The minimum absolute atomic E-state index is 0.488. The maximum atomic E-state index is 6.20. The largest absolute Gasteiger partial charge is 0.423 e. The zero-order chi connectivity index (χ0) is 20.5. The quantitative estimate of drug-likeness (QED) is 0.410. The first-order valence-corrected chi connectivity index (χ1v) is 10.9. The van der Waals surface area contributed by atoms with Gasteiger partial charge in [0.15, 0.2) is 5.58 Å². The molecule has 5 nitrogen and oxygen atoms in total. The average molecular weight is 404 g/mol. The minimum atomic E-state index is 0.488. The summed E-state index contributed by atoms with van der Waals surface area (Å²) >= 11 is 0. The van der Waals surface area contributed by atoms with E-state index in [2.05, 4.69) is 59.1 Å². The molecule has 5 rings (SSSR count). The van der Waals surface area contributed by atoms with E-state index in [0.717, 1.165) is 29.2 Å². The number of oxazole rings is 1. The van der Waals surface area contributed by atoms with Crippen LogP contribution in [0.25, 0.3) is 33.1 Å². The lowest BCUT2D eigenvalue weighted by Gasteiger charge is -2.33. The number of nitrogens with zero attached hydrogens (tertiary/aromatic N) is 3. The number of methoxy groups -OCH3 is 1. The third-order valence-corrected chi connectivity index (χ3v) is 6.39. The molecule has 1 fully saturated rings. The molecule has 1 aliphatic rings. The summed E-state index contributed by atoms with van der Waals surface area (Å²) in [6.07, 6.45) is 8.38. The van der Waals surface area contributed by atoms with Gasteiger partial charge in [-0.3, -0.25) is 0 Å². The lowest BCUT2D eigenvalue weighted by Crippen LogP contribution is -2.39. The number of benzene rings is 2. The van der Waals surface area contributed by atoms with Crippen LogP contribution in [0.1, 0.15) is 32.1 Å². The first kappa shape index (κ1) is 19.2. The second kappa shape index (κ2) is 8.15. The molecule has 0 aliphatic heterocycles. The van der Waals surface area contributed by atoms with E-state index in [1.807, 2.05) is 6.07 Å². The molecule has 5 heteroatoms. The molecule has 0 unspecified atom stereocenters. The van der Waals surface area contributed by atoms with Crippen molar-refractivity contribution in [1.29, 1.82) is 0 Å². The van der Waals surface area contributed by atoms with E-state index in [-0.39, 0.29) is 0 Å². The van der Waals surface area contributed by atoms with Gasteiger partial charge in [-0.05, 0) is 54.3 Å². The Morgan fingerprint density at radius 2 is 1.87 bits per heavy atom. The highest BCUT2D eigenvalue weighted by atomic mass is 16.5. The summed E-state index contributed by atoms with van der Waals surface area (Å²) in [5.41, 5.74) is 5.35. The Labute approximate surface area is 177 Å². The van der Waals surface area contributed by atoms with Gasteiger partial charge in [0.1, 0.15) is 5.52 Å². The van der Waals surface area contributed by atoms with Gasteiger partial charge in [0, 0.05) is 43.8 Å². The summed E-state index contributed by atoms with van der Waals surface area (Å²) in [5.74, 6) is 0. The summed E-state index contributed by atoms with van der Waals surface area (Å²) in [6, 6.07) is 16.3. The van der Waals surface area contributed by atoms with E-state index in [1.165, 1.54) is 48.6 Å². The fourth-order valence-corrected chi connectivity index (χ4v) is 4.70. The number of rotatable bonds is 6. The van der Waals surface area contributed by atoms with E-state index in [0.29, 0.717) is 12.6 Å². The standard InChI is InChI=1S/C25H29N3O2/c1-27-13-12-20-16-18(8-10-23(20)27)19-9-11-24-22(17-19)26-25(30-24)28(14-15-29-2)21-6-4-3-5-7-21/h8-13,16-17,21H,3-7,14-15H2,1-2H3. The second-order valence-electron chi connectivity index (χ2n) is 8.36. The molecule has 156 valence electrons. The Morgan fingerprint density at radius 1 is 1.07 bits per heavy atom. The van der Waals surface area contributed by atoms with E-state index >= 15 is 0 Å². The maximum Gasteiger partial charge on any atom is 0.298 e. The van der Waals surface area contributed by atoms with Crippen molar-refractivity contribution in [2.45, 2.75) is 38.1 Å². The van der Waals surface area contributed by atoms with Crippen LogP contribution < -0.4 is 4.90 Å². The molecular weight excluding hydrogens is 374 g/mol. The molecule has 0 spiro atoms. The van der Waals surface area contributed by atoms with Crippen molar-refractivity contribution >= 4 is 28.0 Å². The van der Waals surface area contributed by atoms with Crippen LogP contribution in [0.15, 0.2) is 53.1 Å². The SMILES string of the molecule is COCCN(c1nc2cc(-c3ccc4c(ccn4C)c3)ccc2o1)C1CCCCC1. The molecule has 0 radical (unpaired) electrons. The van der Waals surface area contributed by atoms with E-state index in [1.54, 1.807) is 7.11 Å². The Morgan fingerprint density at radius 3 is 2.70 bits per heavy atom. The van der Waals surface area contributed by atoms with Crippen LogP contribution in [0.3, 0.4) is 0 Å². The van der Waals surface area contributed by atoms with Crippen LogP contribution in [0.4, 0.5) is 6.01 Å². The number of aryl methyl sites for hydroxylation is 1. The molecule has 0 N–H and O–H groups in total. The van der Waals surface area contributed by atoms with E-state index in [4.69, 9.17) is 14.1 Å². The fourth-order valence-electron chi connectivity index (χ4n) is 4.70. The van der Waals surface area contributed by atoms with Crippen molar-refractivity contribution < 1.29 is 9.15 Å². The lowest BCUT2D eigenvalue weighted by atomic mass is 9.94. The number of aromatic nitrogens is 2. The molecule has 30 heavy (non-hydrogen) atoms. The van der Waals surface area contributed by atoms with Crippen molar-refractivity contribution in [1.82, 2.24) is 9.55 Å². The third-order valence-electron chi connectivity index (χ3n) is 6.39. The number of anilines is 1. The molecule has 2 aromatic carbocycles. The summed E-state index contributed by atoms with van der Waals surface area (Å²) in [5, 5.41) is 1.25. The van der Waals surface area contributed by atoms with Gasteiger partial charge in [-0.1, -0.05) is 31.4 Å². The van der Waals surface area contributed by atoms with Gasteiger partial charge in [0.25, 0.3) is 6.01 Å². The van der Waals surface area contributed by atoms with Gasteiger partial charge >= 0.3 is 0 Å². The van der Waals surface area contributed by atoms with E-state index in [9.17, 15) is 0 Å². The third kappa shape index (κ3) is 3.58. The smallest absolute Gasteiger partial charge is 0.298 e. The molecule has 1 saturated carbocycles. The molecular formula is C25H29N3O2. The van der Waals surface area contributed by atoms with Crippen LogP contribution in [0.2, 0.25) is 0 Å². The zero-order valence-corrected chi connectivity index (χ0v) is 17.8. The number of fused-ring (bicyclic) bond motifs is 2. The first-order chi connectivity index (χ1) is 14.7. The Balaban J connectivity index is 1.48. The monoisotopic (exact) mass is 403 g/mol. The Kier molecular flexibility index (Phi) is 5.21. The van der Waals surface area contributed by atoms with Crippen LogP contribution in [0.5, 0.6) is 0 Å². The summed E-state index contributed by atoms with van der Waals surface area (Å²) in [4.78, 5) is 7.21. The van der Waals surface area contributed by atoms with Crippen LogP contribution >= 0.6 is 0 Å². The predicted octanol–water partition coefficient (Wildman–Crippen LogP) is 5.77. The molecule has 1 aliphatic carbocycles.